The zero-order chi connectivity index (χ0) is 14.9. The summed E-state index contributed by atoms with van der Waals surface area (Å²) in [7, 11) is 0. The first-order chi connectivity index (χ1) is 9.27. The van der Waals surface area contributed by atoms with Gasteiger partial charge in [0.15, 0.2) is 5.78 Å². The summed E-state index contributed by atoms with van der Waals surface area (Å²) in [5.41, 5.74) is 0.938. The smallest absolute Gasteiger partial charge is 0.159 e. The standard InChI is InChI=1S/C17H23ClO2/c1-11-7-14(10-17(3,4)9-11)20-16-6-5-13(12(2)19)8-15(16)18/h5-6,8,11,14H,7,9-10H2,1-4H3. The van der Waals surface area contributed by atoms with Crippen molar-refractivity contribution in [1.29, 1.82) is 0 Å². The maximum Gasteiger partial charge on any atom is 0.159 e. The van der Waals surface area contributed by atoms with Crippen molar-refractivity contribution in [3.8, 4) is 5.75 Å². The summed E-state index contributed by atoms with van der Waals surface area (Å²) in [4.78, 5) is 11.3. The van der Waals surface area contributed by atoms with Crippen LogP contribution in [-0.4, -0.2) is 11.9 Å². The zero-order valence-electron chi connectivity index (χ0n) is 12.7. The van der Waals surface area contributed by atoms with Gasteiger partial charge in [-0.05, 0) is 55.7 Å². The minimum atomic E-state index is 0.0193. The average Bonchev–Trinajstić information content (AvgIpc) is 2.28. The third-order valence-corrected chi connectivity index (χ3v) is 4.27. The van der Waals surface area contributed by atoms with Crippen molar-refractivity contribution < 1.29 is 9.53 Å². The summed E-state index contributed by atoms with van der Waals surface area (Å²) in [6.45, 7) is 8.40. The van der Waals surface area contributed by atoms with Crippen LogP contribution in [0.5, 0.6) is 5.75 Å². The fraction of sp³-hybridized carbons (Fsp3) is 0.588. The molecule has 0 heterocycles. The van der Waals surface area contributed by atoms with Crippen LogP contribution >= 0.6 is 11.6 Å². The van der Waals surface area contributed by atoms with Crippen molar-refractivity contribution in [1.82, 2.24) is 0 Å². The molecule has 0 saturated heterocycles. The fourth-order valence-electron chi connectivity index (χ4n) is 3.34. The molecule has 3 heteroatoms. The summed E-state index contributed by atoms with van der Waals surface area (Å²) in [6.07, 6.45) is 3.55. The number of hydrogen-bond acceptors (Lipinski definition) is 2. The van der Waals surface area contributed by atoms with E-state index in [1.165, 1.54) is 13.3 Å². The van der Waals surface area contributed by atoms with E-state index >= 15 is 0 Å². The zero-order valence-corrected chi connectivity index (χ0v) is 13.5. The Labute approximate surface area is 126 Å². The number of carbonyl (C=O) groups excluding carboxylic acids is 1. The normalized spacial score (nSPS) is 25.2. The SMILES string of the molecule is CC(=O)c1ccc(OC2CC(C)CC(C)(C)C2)c(Cl)c1. The van der Waals surface area contributed by atoms with Crippen LogP contribution in [0.1, 0.15) is 57.3 Å². The second kappa shape index (κ2) is 5.77. The first-order valence-corrected chi connectivity index (χ1v) is 7.62. The largest absolute Gasteiger partial charge is 0.489 e. The van der Waals surface area contributed by atoms with E-state index in [0.717, 1.165) is 12.8 Å². The van der Waals surface area contributed by atoms with Gasteiger partial charge in [-0.1, -0.05) is 32.4 Å². The van der Waals surface area contributed by atoms with E-state index in [4.69, 9.17) is 16.3 Å². The Hall–Kier alpha value is -1.02. The van der Waals surface area contributed by atoms with E-state index in [-0.39, 0.29) is 11.9 Å². The first-order valence-electron chi connectivity index (χ1n) is 7.24. The lowest BCUT2D eigenvalue weighted by Gasteiger charge is -2.39. The van der Waals surface area contributed by atoms with Crippen LogP contribution in [-0.2, 0) is 0 Å². The first kappa shape index (κ1) is 15.4. The number of benzene rings is 1. The minimum Gasteiger partial charge on any atom is -0.489 e. The molecule has 0 aromatic heterocycles. The number of halogens is 1. The van der Waals surface area contributed by atoms with Crippen molar-refractivity contribution >= 4 is 17.4 Å². The summed E-state index contributed by atoms with van der Waals surface area (Å²) in [5.74, 6) is 1.37. The molecule has 1 aromatic rings. The van der Waals surface area contributed by atoms with E-state index < -0.39 is 0 Å². The van der Waals surface area contributed by atoms with Gasteiger partial charge in [-0.25, -0.2) is 0 Å². The van der Waals surface area contributed by atoms with Gasteiger partial charge in [0.25, 0.3) is 0 Å². The predicted molar refractivity (Wildman–Crippen MR) is 82.7 cm³/mol. The van der Waals surface area contributed by atoms with Crippen LogP contribution in [0.15, 0.2) is 18.2 Å². The number of ether oxygens (including phenoxy) is 1. The maximum atomic E-state index is 11.3. The summed E-state index contributed by atoms with van der Waals surface area (Å²) in [5, 5.41) is 0.522. The molecule has 1 aromatic carbocycles. The van der Waals surface area contributed by atoms with Gasteiger partial charge in [-0.3, -0.25) is 4.79 Å². The molecule has 1 saturated carbocycles. The highest BCUT2D eigenvalue weighted by atomic mass is 35.5. The molecule has 2 nitrogen and oxygen atoms in total. The molecule has 0 aliphatic heterocycles. The molecule has 1 aliphatic carbocycles. The van der Waals surface area contributed by atoms with Crippen molar-refractivity contribution in [2.24, 2.45) is 11.3 Å². The number of rotatable bonds is 3. The molecule has 0 amide bonds. The molecule has 20 heavy (non-hydrogen) atoms. The van der Waals surface area contributed by atoms with E-state index in [2.05, 4.69) is 20.8 Å². The van der Waals surface area contributed by atoms with Gasteiger partial charge in [0.05, 0.1) is 11.1 Å². The van der Waals surface area contributed by atoms with Gasteiger partial charge in [0.1, 0.15) is 5.75 Å². The second-order valence-electron chi connectivity index (χ2n) is 6.85. The molecule has 0 N–H and O–H groups in total. The highest BCUT2D eigenvalue weighted by Crippen LogP contribution is 2.40. The van der Waals surface area contributed by atoms with Gasteiger partial charge < -0.3 is 4.74 Å². The summed E-state index contributed by atoms with van der Waals surface area (Å²) in [6, 6.07) is 5.28. The summed E-state index contributed by atoms with van der Waals surface area (Å²) >= 11 is 6.22. The lowest BCUT2D eigenvalue weighted by Crippen LogP contribution is -2.34. The molecule has 2 rings (SSSR count). The number of ketones is 1. The van der Waals surface area contributed by atoms with E-state index in [0.29, 0.717) is 27.7 Å². The average molecular weight is 295 g/mol. The Balaban J connectivity index is 2.12. The quantitative estimate of drug-likeness (QED) is 0.722. The molecule has 0 bridgehead atoms. The van der Waals surface area contributed by atoms with Gasteiger partial charge in [0, 0.05) is 5.56 Å². The predicted octanol–water partition coefficient (Wildman–Crippen LogP) is 5.14. The minimum absolute atomic E-state index is 0.0193. The number of Topliss-reactive ketones (excluding diaryl/α,β-unsaturated/α-hetero) is 1. The van der Waals surface area contributed by atoms with Gasteiger partial charge in [-0.15, -0.1) is 0 Å². The maximum absolute atomic E-state index is 11.3. The Morgan fingerprint density at radius 2 is 2.05 bits per heavy atom. The van der Waals surface area contributed by atoms with Crippen LogP contribution in [0.4, 0.5) is 0 Å². The van der Waals surface area contributed by atoms with E-state index in [9.17, 15) is 4.79 Å². The molecular weight excluding hydrogens is 272 g/mol. The molecular formula is C17H23ClO2. The highest BCUT2D eigenvalue weighted by molar-refractivity contribution is 6.32. The fourth-order valence-corrected chi connectivity index (χ4v) is 3.57. The molecule has 1 aliphatic rings. The van der Waals surface area contributed by atoms with Crippen LogP contribution in [0.25, 0.3) is 0 Å². The molecule has 2 atom stereocenters. The van der Waals surface area contributed by atoms with Gasteiger partial charge in [-0.2, -0.15) is 0 Å². The molecule has 1 fully saturated rings. The van der Waals surface area contributed by atoms with Crippen molar-refractivity contribution in [3.63, 3.8) is 0 Å². The van der Waals surface area contributed by atoms with Crippen LogP contribution < -0.4 is 4.74 Å². The Morgan fingerprint density at radius 1 is 1.35 bits per heavy atom. The number of carbonyl (C=O) groups is 1. The number of hydrogen-bond donors (Lipinski definition) is 0. The Kier molecular flexibility index (Phi) is 4.43. The van der Waals surface area contributed by atoms with Crippen LogP contribution in [0, 0.1) is 11.3 Å². The Morgan fingerprint density at radius 3 is 2.60 bits per heavy atom. The highest BCUT2D eigenvalue weighted by Gasteiger charge is 2.33. The van der Waals surface area contributed by atoms with Crippen molar-refractivity contribution in [2.45, 2.75) is 53.1 Å². The monoisotopic (exact) mass is 294 g/mol. The van der Waals surface area contributed by atoms with Gasteiger partial charge in [0.2, 0.25) is 0 Å². The van der Waals surface area contributed by atoms with Gasteiger partial charge >= 0.3 is 0 Å². The van der Waals surface area contributed by atoms with Crippen LogP contribution in [0.3, 0.4) is 0 Å². The summed E-state index contributed by atoms with van der Waals surface area (Å²) < 4.78 is 6.08. The molecule has 0 radical (unpaired) electrons. The third-order valence-electron chi connectivity index (χ3n) is 3.98. The second-order valence-corrected chi connectivity index (χ2v) is 7.26. The van der Waals surface area contributed by atoms with Crippen molar-refractivity contribution in [3.05, 3.63) is 28.8 Å². The molecule has 110 valence electrons. The third kappa shape index (κ3) is 3.76. The Bertz CT molecular complexity index is 508. The molecule has 0 spiro atoms. The van der Waals surface area contributed by atoms with E-state index in [1.54, 1.807) is 12.1 Å². The van der Waals surface area contributed by atoms with Crippen LogP contribution in [0.2, 0.25) is 5.02 Å². The van der Waals surface area contributed by atoms with Crippen molar-refractivity contribution in [2.75, 3.05) is 0 Å². The molecule has 2 unspecified atom stereocenters. The topological polar surface area (TPSA) is 26.3 Å². The van der Waals surface area contributed by atoms with E-state index in [1.807, 2.05) is 6.07 Å². The lowest BCUT2D eigenvalue weighted by atomic mass is 9.71. The lowest BCUT2D eigenvalue weighted by molar-refractivity contribution is 0.0563.